The molecular formula is C18H27B2FN3O9P. The second kappa shape index (κ2) is 10.6. The Balaban J connectivity index is 2.32. The van der Waals surface area contributed by atoms with Crippen LogP contribution in [-0.2, 0) is 23.4 Å². The molecule has 2 heterocycles. The third-order valence-electron chi connectivity index (χ3n) is 4.97. The van der Waals surface area contributed by atoms with E-state index >= 15 is 0 Å². The number of hydrogen-bond donors (Lipinski definition) is 4. The van der Waals surface area contributed by atoms with Gasteiger partial charge in [0.2, 0.25) is 5.82 Å². The highest BCUT2D eigenvalue weighted by molar-refractivity contribution is 7.37. The van der Waals surface area contributed by atoms with E-state index in [1.807, 2.05) is 0 Å². The third kappa shape index (κ3) is 5.89. The Morgan fingerprint density at radius 2 is 2.06 bits per heavy atom. The lowest BCUT2D eigenvalue weighted by molar-refractivity contribution is -0.149. The van der Waals surface area contributed by atoms with Crippen molar-refractivity contribution in [2.45, 2.75) is 69.3 Å². The summed E-state index contributed by atoms with van der Waals surface area (Å²) in [6.07, 6.45) is -4.87. The molecule has 1 fully saturated rings. The first-order valence-corrected chi connectivity index (χ1v) is 11.7. The maximum Gasteiger partial charge on any atom is 0.330 e. The van der Waals surface area contributed by atoms with Crippen LogP contribution < -0.4 is 16.3 Å². The van der Waals surface area contributed by atoms with Crippen LogP contribution >= 0.6 is 8.18 Å². The second-order valence-electron chi connectivity index (χ2n) is 8.54. The van der Waals surface area contributed by atoms with Gasteiger partial charge in [0, 0.05) is 5.40 Å². The number of carbonyl (C=O) groups is 1. The molecule has 0 aromatic carbocycles. The van der Waals surface area contributed by atoms with Crippen LogP contribution in [-0.4, -0.2) is 76.8 Å². The number of aliphatic hydroxyl groups is 2. The third-order valence-corrected chi connectivity index (χ3v) is 6.35. The molecule has 16 heteroatoms. The Morgan fingerprint density at radius 1 is 1.44 bits per heavy atom. The van der Waals surface area contributed by atoms with Crippen LogP contribution in [0.15, 0.2) is 15.8 Å². The summed E-state index contributed by atoms with van der Waals surface area (Å²) in [5.41, 5.74) is -4.82. The number of carbonyl (C=O) groups excluding carboxylic acids is 1. The van der Waals surface area contributed by atoms with E-state index in [2.05, 4.69) is 16.9 Å². The maximum atomic E-state index is 13.9. The lowest BCUT2D eigenvalue weighted by atomic mass is 9.60. The quantitative estimate of drug-likeness (QED) is 0.124. The number of aliphatic hydroxyl groups excluding tert-OH is 1. The normalized spacial score (nSPS) is 26.5. The molecule has 0 radical (unpaired) electrons. The molecule has 3 unspecified atom stereocenters. The summed E-state index contributed by atoms with van der Waals surface area (Å²) in [5, 5.41) is 22.9. The molecule has 34 heavy (non-hydrogen) atoms. The van der Waals surface area contributed by atoms with Crippen molar-refractivity contribution in [1.29, 1.82) is 0 Å². The molecule has 6 atom stereocenters. The van der Waals surface area contributed by atoms with Crippen LogP contribution in [0.1, 0.15) is 33.9 Å². The molecule has 0 aliphatic carbocycles. The summed E-state index contributed by atoms with van der Waals surface area (Å²) < 4.78 is 43.2. The van der Waals surface area contributed by atoms with Gasteiger partial charge in [-0.25, -0.2) is 9.88 Å². The molecule has 1 aromatic heterocycles. The fourth-order valence-electron chi connectivity index (χ4n) is 3.38. The smallest absolute Gasteiger partial charge is 0.330 e. The van der Waals surface area contributed by atoms with Crippen molar-refractivity contribution in [3.05, 3.63) is 32.9 Å². The number of halogens is 1. The van der Waals surface area contributed by atoms with Crippen molar-refractivity contribution in [3.8, 4) is 11.8 Å². The fourth-order valence-corrected chi connectivity index (χ4v) is 4.51. The molecule has 1 aliphatic rings. The number of ether oxygens (including phenoxy) is 2. The Kier molecular flexibility index (Phi) is 8.74. The van der Waals surface area contributed by atoms with Crippen LogP contribution in [0.3, 0.4) is 0 Å². The standard InChI is InChI=1S/C18H27B2FN3O9P/c1-5-6-17(29)11(25)12(32-15(17)24-7-10(21)13(26)22-16(24)28)18(19,20)33-34(30)23-9(4)14(27)31-8(2)3/h7-9,11-12,15,25,29,34H,19-20H2,1-4H3,(H,23,30)(H,22,26,28)/t9-,11-,12?,15+,17?/m0/s1. The van der Waals surface area contributed by atoms with Gasteiger partial charge in [0.25, 0.3) is 13.7 Å². The number of rotatable bonds is 8. The highest BCUT2D eigenvalue weighted by Gasteiger charge is 2.60. The summed E-state index contributed by atoms with van der Waals surface area (Å²) in [6.45, 7) is 6.09. The molecule has 4 N–H and O–H groups in total. The monoisotopic (exact) mass is 501 g/mol. The Morgan fingerprint density at radius 3 is 2.62 bits per heavy atom. The number of aromatic nitrogens is 2. The molecule has 12 nitrogen and oxygen atoms in total. The van der Waals surface area contributed by atoms with Gasteiger partial charge in [-0.15, -0.1) is 5.92 Å². The summed E-state index contributed by atoms with van der Waals surface area (Å²) in [5.74, 6) is 2.78. The Bertz CT molecular complexity index is 1130. The van der Waals surface area contributed by atoms with E-state index in [9.17, 15) is 33.6 Å². The van der Waals surface area contributed by atoms with Crippen LogP contribution in [0.2, 0.25) is 0 Å². The van der Waals surface area contributed by atoms with Gasteiger partial charge in [-0.2, -0.15) is 4.39 Å². The van der Waals surface area contributed by atoms with E-state index in [1.54, 1.807) is 18.8 Å². The van der Waals surface area contributed by atoms with Crippen LogP contribution in [0.5, 0.6) is 0 Å². The molecule has 0 amide bonds. The van der Waals surface area contributed by atoms with Crippen LogP contribution in [0.4, 0.5) is 4.39 Å². The molecule has 1 saturated heterocycles. The number of H-pyrrole nitrogens is 1. The summed E-state index contributed by atoms with van der Waals surface area (Å²) in [6, 6.07) is -0.975. The van der Waals surface area contributed by atoms with Crippen molar-refractivity contribution < 1.29 is 38.0 Å². The Labute approximate surface area is 196 Å². The topological polar surface area (TPSA) is 169 Å². The SMILES string of the molecule is BC(B)(O[PH](=O)N[C@@H](C)C(=O)OC(C)C)C1O[C@@H](n2cc(F)c(=O)[nH]c2=O)C(O)(C#CC)[C@H]1O. The van der Waals surface area contributed by atoms with Gasteiger partial charge >= 0.3 is 11.7 Å². The highest BCUT2D eigenvalue weighted by Crippen LogP contribution is 2.42. The molecular weight excluding hydrogens is 474 g/mol. The lowest BCUT2D eigenvalue weighted by Gasteiger charge is -2.34. The number of nitrogens with one attached hydrogen (secondary N) is 2. The van der Waals surface area contributed by atoms with Gasteiger partial charge in [0.1, 0.15) is 33.9 Å². The Hall–Kier alpha value is -2.20. The zero-order chi connectivity index (χ0) is 26.0. The second-order valence-corrected chi connectivity index (χ2v) is 9.61. The number of hydrogen-bond acceptors (Lipinski definition) is 9. The molecule has 0 saturated carbocycles. The molecule has 2 rings (SSSR count). The zero-order valence-corrected chi connectivity index (χ0v) is 20.5. The van der Waals surface area contributed by atoms with E-state index in [0.29, 0.717) is 10.8 Å². The van der Waals surface area contributed by atoms with E-state index in [1.165, 1.54) is 29.5 Å². The molecule has 186 valence electrons. The molecule has 0 bridgehead atoms. The van der Waals surface area contributed by atoms with E-state index < -0.39 is 66.7 Å². The molecule has 1 aliphatic heterocycles. The summed E-state index contributed by atoms with van der Waals surface area (Å²) >= 11 is 0. The maximum absolute atomic E-state index is 13.9. The van der Waals surface area contributed by atoms with Gasteiger partial charge in [-0.05, 0) is 27.7 Å². The van der Waals surface area contributed by atoms with Gasteiger partial charge in [-0.3, -0.25) is 23.7 Å². The van der Waals surface area contributed by atoms with Crippen molar-refractivity contribution in [1.82, 2.24) is 14.6 Å². The van der Waals surface area contributed by atoms with E-state index in [-0.39, 0.29) is 6.10 Å². The zero-order valence-electron chi connectivity index (χ0n) is 19.5. The van der Waals surface area contributed by atoms with Gasteiger partial charge < -0.3 is 24.2 Å². The van der Waals surface area contributed by atoms with Gasteiger partial charge in [0.05, 0.1) is 12.3 Å². The summed E-state index contributed by atoms with van der Waals surface area (Å²) in [4.78, 5) is 37.3. The average Bonchev–Trinajstić information content (AvgIpc) is 2.95. The van der Waals surface area contributed by atoms with Crippen molar-refractivity contribution in [3.63, 3.8) is 0 Å². The van der Waals surface area contributed by atoms with Gasteiger partial charge in [0.15, 0.2) is 11.8 Å². The van der Waals surface area contributed by atoms with E-state index in [0.717, 1.165) is 0 Å². The average molecular weight is 501 g/mol. The minimum Gasteiger partial charge on any atom is -0.462 e. The van der Waals surface area contributed by atoms with E-state index in [4.69, 9.17) is 14.0 Å². The van der Waals surface area contributed by atoms with Crippen molar-refractivity contribution >= 4 is 29.8 Å². The number of aromatic amines is 1. The highest BCUT2D eigenvalue weighted by atomic mass is 31.1. The molecule has 1 aromatic rings. The molecule has 0 spiro atoms. The summed E-state index contributed by atoms with van der Waals surface area (Å²) in [7, 11) is -0.342. The minimum atomic E-state index is -3.12. The minimum absolute atomic E-state index is 0.381. The predicted octanol–water partition coefficient (Wildman–Crippen LogP) is -3.06. The number of nitrogens with zero attached hydrogens (tertiary/aromatic N) is 1. The van der Waals surface area contributed by atoms with Crippen LogP contribution in [0, 0.1) is 17.7 Å². The van der Waals surface area contributed by atoms with Crippen LogP contribution in [0.25, 0.3) is 0 Å². The first-order valence-electron chi connectivity index (χ1n) is 10.3. The largest absolute Gasteiger partial charge is 0.462 e. The van der Waals surface area contributed by atoms with Gasteiger partial charge in [-0.1, -0.05) is 5.92 Å². The van der Waals surface area contributed by atoms with Crippen molar-refractivity contribution in [2.75, 3.05) is 0 Å². The fraction of sp³-hybridized carbons (Fsp3) is 0.611. The van der Waals surface area contributed by atoms with Crippen molar-refractivity contribution in [2.24, 2.45) is 0 Å². The number of esters is 1. The first kappa shape index (κ1) is 28.0. The predicted molar refractivity (Wildman–Crippen MR) is 123 cm³/mol. The lowest BCUT2D eigenvalue weighted by Crippen LogP contribution is -2.55. The first-order chi connectivity index (χ1) is 15.6.